The predicted molar refractivity (Wildman–Crippen MR) is 137 cm³/mol. The van der Waals surface area contributed by atoms with Crippen molar-refractivity contribution in [3.8, 4) is 5.75 Å². The molecule has 4 N–H and O–H groups in total. The van der Waals surface area contributed by atoms with E-state index in [2.05, 4.69) is 5.32 Å². The van der Waals surface area contributed by atoms with Crippen molar-refractivity contribution in [2.24, 2.45) is 0 Å². The van der Waals surface area contributed by atoms with E-state index in [9.17, 15) is 23.9 Å². The van der Waals surface area contributed by atoms with Gasteiger partial charge >= 0.3 is 6.09 Å². The summed E-state index contributed by atoms with van der Waals surface area (Å²) in [6, 6.07) is 5.63. The lowest BCUT2D eigenvalue weighted by Gasteiger charge is -2.51. The summed E-state index contributed by atoms with van der Waals surface area (Å²) in [4.78, 5) is 39.5. The molecule has 0 radical (unpaired) electrons. The highest BCUT2D eigenvalue weighted by molar-refractivity contribution is 8.26. The monoisotopic (exact) mass is 530 g/mol. The minimum atomic E-state index is -0.894. The number of aromatic hydroxyl groups is 1. The molecule has 2 aliphatic heterocycles. The first-order valence-corrected chi connectivity index (χ1v) is 12.4. The summed E-state index contributed by atoms with van der Waals surface area (Å²) in [6.07, 6.45) is 1.75. The van der Waals surface area contributed by atoms with E-state index in [1.165, 1.54) is 35.1 Å². The number of fused-ring (bicyclic) bond motifs is 1. The number of aromatic nitrogens is 1. The van der Waals surface area contributed by atoms with Crippen LogP contribution in [0.2, 0.25) is 0 Å². The zero-order valence-corrected chi connectivity index (χ0v) is 21.2. The van der Waals surface area contributed by atoms with Crippen LogP contribution in [0.1, 0.15) is 41.4 Å². The highest BCUT2D eigenvalue weighted by atomic mass is 32.2. The Balaban J connectivity index is 1.57. The third kappa shape index (κ3) is 5.03. The van der Waals surface area contributed by atoms with E-state index in [1.807, 2.05) is 0 Å². The molecule has 13 heteroatoms. The van der Waals surface area contributed by atoms with Gasteiger partial charge in [0.1, 0.15) is 16.5 Å². The van der Waals surface area contributed by atoms with E-state index in [1.54, 1.807) is 23.9 Å². The molecule has 3 heterocycles. The maximum atomic E-state index is 13.1. The van der Waals surface area contributed by atoms with Crippen LogP contribution in [0.3, 0.4) is 0 Å². The van der Waals surface area contributed by atoms with Gasteiger partial charge in [0.25, 0.3) is 5.91 Å². The number of thioether (sulfide) groups is 1. The van der Waals surface area contributed by atoms with Gasteiger partial charge < -0.3 is 20.1 Å². The summed E-state index contributed by atoms with van der Waals surface area (Å²) in [5, 5.41) is 31.6. The molecule has 1 fully saturated rings. The van der Waals surface area contributed by atoms with Gasteiger partial charge in [0, 0.05) is 45.6 Å². The largest absolute Gasteiger partial charge is 0.502 e. The van der Waals surface area contributed by atoms with Gasteiger partial charge in [-0.05, 0) is 24.6 Å². The number of carbonyl (C=O) groups excluding carboxylic acids is 2. The number of halogens is 1. The summed E-state index contributed by atoms with van der Waals surface area (Å²) in [6.45, 7) is 2.62. The molecular formula is C24H27FN6O5S. The van der Waals surface area contributed by atoms with Gasteiger partial charge in [0.2, 0.25) is 5.43 Å². The SMILES string of the molecule is CCOC(=O)N1CCC2(CC1)NC(=O)c1c(O)c(=O)c(C(=N)SC(=N)Cc3ccc(F)cc3)cn1N2C. The Hall–Kier alpha value is -3.87. The summed E-state index contributed by atoms with van der Waals surface area (Å²) >= 11 is 0.734. The Morgan fingerprint density at radius 2 is 1.86 bits per heavy atom. The molecule has 1 aromatic heterocycles. The van der Waals surface area contributed by atoms with E-state index >= 15 is 0 Å². The van der Waals surface area contributed by atoms with Crippen LogP contribution in [0.25, 0.3) is 0 Å². The zero-order chi connectivity index (χ0) is 26.9. The average molecular weight is 531 g/mol. The minimum absolute atomic E-state index is 0.0483. The standard InChI is InChI=1S/C24H27FN6O5S/c1-3-36-23(35)30-10-8-24(9-11-30)28-22(34)18-20(33)19(32)16(13-31(18)29(24)2)21(27)37-17(26)12-14-4-6-15(25)7-5-14/h4-7,13,26-27,33H,3,8-12H2,1-2H3,(H,28,34). The Morgan fingerprint density at radius 1 is 1.22 bits per heavy atom. The number of benzene rings is 1. The molecule has 1 saturated heterocycles. The van der Waals surface area contributed by atoms with Gasteiger partial charge in [0.15, 0.2) is 11.4 Å². The number of rotatable bonds is 4. The second kappa shape index (κ2) is 10.2. The van der Waals surface area contributed by atoms with Crippen LogP contribution >= 0.6 is 11.8 Å². The number of ether oxygens (including phenoxy) is 1. The number of carbonyl (C=O) groups is 2. The highest BCUT2D eigenvalue weighted by Gasteiger charge is 2.46. The second-order valence-electron chi connectivity index (χ2n) is 8.77. The molecular weight excluding hydrogens is 503 g/mol. The fourth-order valence-corrected chi connectivity index (χ4v) is 5.22. The van der Waals surface area contributed by atoms with E-state index in [0.29, 0.717) is 31.5 Å². The zero-order valence-electron chi connectivity index (χ0n) is 20.3. The first kappa shape index (κ1) is 26.2. The fourth-order valence-electron chi connectivity index (χ4n) is 4.48. The third-order valence-corrected chi connectivity index (χ3v) is 7.35. The molecule has 2 aliphatic rings. The van der Waals surface area contributed by atoms with Crippen LogP contribution in [0, 0.1) is 16.6 Å². The van der Waals surface area contributed by atoms with Crippen molar-refractivity contribution < 1.29 is 23.8 Å². The summed E-state index contributed by atoms with van der Waals surface area (Å²) in [5.74, 6) is -1.84. The van der Waals surface area contributed by atoms with Crippen LogP contribution in [0.4, 0.5) is 9.18 Å². The molecule has 37 heavy (non-hydrogen) atoms. The number of hydrogen-bond donors (Lipinski definition) is 4. The smallest absolute Gasteiger partial charge is 0.409 e. The Bertz CT molecular complexity index is 1320. The molecule has 0 saturated carbocycles. The van der Waals surface area contributed by atoms with E-state index in [4.69, 9.17) is 15.6 Å². The number of nitrogens with one attached hydrogen (secondary N) is 3. The molecule has 1 spiro atoms. The van der Waals surface area contributed by atoms with Crippen molar-refractivity contribution in [3.05, 3.63) is 63.3 Å². The van der Waals surface area contributed by atoms with Gasteiger partial charge in [0.05, 0.1) is 17.2 Å². The van der Waals surface area contributed by atoms with Crippen molar-refractivity contribution in [3.63, 3.8) is 0 Å². The molecule has 4 rings (SSSR count). The number of amides is 2. The number of pyridine rings is 1. The quantitative estimate of drug-likeness (QED) is 0.349. The lowest BCUT2D eigenvalue weighted by molar-refractivity contribution is 0.0598. The highest BCUT2D eigenvalue weighted by Crippen LogP contribution is 2.31. The molecule has 0 unspecified atom stereocenters. The van der Waals surface area contributed by atoms with Crippen LogP contribution in [-0.4, -0.2) is 69.2 Å². The van der Waals surface area contributed by atoms with Crippen LogP contribution < -0.4 is 15.8 Å². The van der Waals surface area contributed by atoms with E-state index < -0.39 is 34.7 Å². The van der Waals surface area contributed by atoms with Gasteiger partial charge in [-0.15, -0.1) is 0 Å². The molecule has 2 amide bonds. The normalized spacial score (nSPS) is 16.2. The van der Waals surface area contributed by atoms with Crippen molar-refractivity contribution in [1.82, 2.24) is 14.9 Å². The van der Waals surface area contributed by atoms with Crippen molar-refractivity contribution in [1.29, 1.82) is 10.8 Å². The van der Waals surface area contributed by atoms with Crippen LogP contribution in [0.5, 0.6) is 5.75 Å². The van der Waals surface area contributed by atoms with Gasteiger partial charge in [-0.25, -0.2) is 9.18 Å². The second-order valence-corrected chi connectivity index (χ2v) is 9.87. The molecule has 0 atom stereocenters. The van der Waals surface area contributed by atoms with E-state index in [-0.39, 0.29) is 34.4 Å². The van der Waals surface area contributed by atoms with Crippen molar-refractivity contribution >= 4 is 33.8 Å². The maximum absolute atomic E-state index is 13.1. The molecule has 2 aromatic rings. The Morgan fingerprint density at radius 3 is 2.49 bits per heavy atom. The number of nitrogens with zero attached hydrogens (tertiary/aromatic N) is 3. The summed E-state index contributed by atoms with van der Waals surface area (Å²) in [7, 11) is 1.68. The predicted octanol–water partition coefficient (Wildman–Crippen LogP) is 2.23. The average Bonchev–Trinajstić information content (AvgIpc) is 2.86. The summed E-state index contributed by atoms with van der Waals surface area (Å²) < 4.78 is 19.6. The molecule has 196 valence electrons. The van der Waals surface area contributed by atoms with Crippen molar-refractivity contribution in [2.75, 3.05) is 31.8 Å². The minimum Gasteiger partial charge on any atom is -0.502 e. The lowest BCUT2D eigenvalue weighted by atomic mass is 9.94. The van der Waals surface area contributed by atoms with Crippen LogP contribution in [0.15, 0.2) is 35.3 Å². The topological polar surface area (TPSA) is 152 Å². The van der Waals surface area contributed by atoms with Crippen LogP contribution in [-0.2, 0) is 11.2 Å². The van der Waals surface area contributed by atoms with Gasteiger partial charge in [-0.3, -0.25) is 30.1 Å². The lowest BCUT2D eigenvalue weighted by Crippen LogP contribution is -2.71. The Labute approximate surface area is 216 Å². The van der Waals surface area contributed by atoms with Crippen molar-refractivity contribution in [2.45, 2.75) is 31.8 Å². The molecule has 0 bridgehead atoms. The number of likely N-dealkylation sites (tertiary alicyclic amines) is 1. The number of piperidine rings is 1. The number of hydrogen-bond acceptors (Lipinski definition) is 9. The van der Waals surface area contributed by atoms with E-state index in [0.717, 1.165) is 11.8 Å². The van der Waals surface area contributed by atoms with Gasteiger partial charge in [-0.1, -0.05) is 23.9 Å². The molecule has 0 aliphatic carbocycles. The summed E-state index contributed by atoms with van der Waals surface area (Å²) in [5.41, 5.74) is -1.54. The fraction of sp³-hybridized carbons (Fsp3) is 0.375. The molecule has 11 nitrogen and oxygen atoms in total. The first-order chi connectivity index (χ1) is 17.6. The molecule has 1 aromatic carbocycles. The van der Waals surface area contributed by atoms with Gasteiger partial charge in [-0.2, -0.15) is 0 Å². The maximum Gasteiger partial charge on any atom is 0.409 e. The third-order valence-electron chi connectivity index (χ3n) is 6.53. The first-order valence-electron chi connectivity index (χ1n) is 11.6. The Kier molecular flexibility index (Phi) is 7.25.